The summed E-state index contributed by atoms with van der Waals surface area (Å²) in [7, 11) is 0. The number of carbonyl (C=O) groups is 1. The quantitative estimate of drug-likeness (QED) is 0.755. The molecule has 1 atom stereocenters. The van der Waals surface area contributed by atoms with Gasteiger partial charge < -0.3 is 14.2 Å². The topological polar surface area (TPSA) is 44.8 Å². The van der Waals surface area contributed by atoms with Crippen molar-refractivity contribution in [3.8, 4) is 11.5 Å². The molecule has 4 nitrogen and oxygen atoms in total. The Bertz CT molecular complexity index is 455. The first-order valence-corrected chi connectivity index (χ1v) is 8.05. The molecule has 0 N–H and O–H groups in total. The summed E-state index contributed by atoms with van der Waals surface area (Å²) in [6.45, 7) is 5.56. The smallest absolute Gasteiger partial charge is 0.192 e. The van der Waals surface area contributed by atoms with Crippen molar-refractivity contribution in [3.05, 3.63) is 23.8 Å². The largest absolute Gasteiger partial charge is 0.490 e. The Hall–Kier alpha value is -1.20. The van der Waals surface area contributed by atoms with E-state index in [1.54, 1.807) is 30.0 Å². The van der Waals surface area contributed by atoms with E-state index >= 15 is 0 Å². The van der Waals surface area contributed by atoms with Crippen molar-refractivity contribution in [3.63, 3.8) is 0 Å². The van der Waals surface area contributed by atoms with Crippen LogP contribution < -0.4 is 9.47 Å². The normalized spacial score (nSPS) is 18.6. The summed E-state index contributed by atoms with van der Waals surface area (Å²) in [5.74, 6) is 2.97. The van der Waals surface area contributed by atoms with Crippen molar-refractivity contribution in [2.24, 2.45) is 0 Å². The standard InChI is InChI=1S/C15H20O4S/c1-3-17-12-6-5-11(9-13(12)18-4-2)15(16)14-10-20-8-7-19-14/h5-6,9,14H,3-4,7-8,10H2,1-2H3. The first kappa shape index (κ1) is 15.2. The molecule has 1 saturated heterocycles. The average Bonchev–Trinajstić information content (AvgIpc) is 2.50. The van der Waals surface area contributed by atoms with E-state index in [1.165, 1.54) is 0 Å². The number of thioether (sulfide) groups is 1. The molecule has 0 aliphatic carbocycles. The van der Waals surface area contributed by atoms with E-state index in [0.717, 1.165) is 11.5 Å². The van der Waals surface area contributed by atoms with Gasteiger partial charge in [-0.2, -0.15) is 11.8 Å². The molecule has 0 radical (unpaired) electrons. The van der Waals surface area contributed by atoms with Gasteiger partial charge in [-0.05, 0) is 32.0 Å². The lowest BCUT2D eigenvalue weighted by molar-refractivity contribution is 0.0518. The van der Waals surface area contributed by atoms with E-state index in [2.05, 4.69) is 0 Å². The SMILES string of the molecule is CCOc1ccc(C(=O)C2CSCCO2)cc1OCC. The summed E-state index contributed by atoms with van der Waals surface area (Å²) in [4.78, 5) is 12.4. The highest BCUT2D eigenvalue weighted by Gasteiger charge is 2.24. The summed E-state index contributed by atoms with van der Waals surface area (Å²) in [6.07, 6.45) is -0.346. The zero-order valence-corrected chi connectivity index (χ0v) is 12.7. The molecule has 1 fully saturated rings. The molecule has 5 heteroatoms. The number of ketones is 1. The van der Waals surface area contributed by atoms with E-state index in [1.807, 2.05) is 13.8 Å². The lowest BCUT2D eigenvalue weighted by Gasteiger charge is -2.21. The second kappa shape index (κ2) is 7.55. The third-order valence-electron chi connectivity index (χ3n) is 2.94. The summed E-state index contributed by atoms with van der Waals surface area (Å²) in [5.41, 5.74) is 0.615. The summed E-state index contributed by atoms with van der Waals surface area (Å²) in [6, 6.07) is 5.32. The van der Waals surface area contributed by atoms with Crippen molar-refractivity contribution < 1.29 is 19.0 Å². The van der Waals surface area contributed by atoms with Gasteiger partial charge in [-0.25, -0.2) is 0 Å². The van der Waals surface area contributed by atoms with Crippen LogP contribution in [0.2, 0.25) is 0 Å². The van der Waals surface area contributed by atoms with Gasteiger partial charge in [0, 0.05) is 17.1 Å². The highest BCUT2D eigenvalue weighted by atomic mass is 32.2. The number of Topliss-reactive ketones (excluding diaryl/α,β-unsaturated/α-hetero) is 1. The minimum Gasteiger partial charge on any atom is -0.490 e. The van der Waals surface area contributed by atoms with Crippen molar-refractivity contribution >= 4 is 17.5 Å². The minimum absolute atomic E-state index is 0.0150. The zero-order valence-electron chi connectivity index (χ0n) is 11.9. The number of hydrogen-bond donors (Lipinski definition) is 0. The highest BCUT2D eigenvalue weighted by Crippen LogP contribution is 2.29. The van der Waals surface area contributed by atoms with Gasteiger partial charge >= 0.3 is 0 Å². The molecule has 0 saturated carbocycles. The predicted octanol–water partition coefficient (Wildman–Crippen LogP) is 2.80. The Morgan fingerprint density at radius 1 is 1.30 bits per heavy atom. The molecule has 1 heterocycles. The molecule has 0 spiro atoms. The first-order chi connectivity index (χ1) is 9.76. The fraction of sp³-hybridized carbons (Fsp3) is 0.533. The Morgan fingerprint density at radius 3 is 2.70 bits per heavy atom. The van der Waals surface area contributed by atoms with Crippen LogP contribution in [0.1, 0.15) is 24.2 Å². The van der Waals surface area contributed by atoms with Gasteiger partial charge in [0.25, 0.3) is 0 Å². The van der Waals surface area contributed by atoms with Crippen LogP contribution in [0.5, 0.6) is 11.5 Å². The molecular formula is C15H20O4S. The molecule has 1 unspecified atom stereocenters. The Kier molecular flexibility index (Phi) is 5.73. The fourth-order valence-electron chi connectivity index (χ4n) is 2.03. The van der Waals surface area contributed by atoms with E-state index in [-0.39, 0.29) is 11.9 Å². The molecular weight excluding hydrogens is 276 g/mol. The first-order valence-electron chi connectivity index (χ1n) is 6.89. The second-order valence-corrected chi connectivity index (χ2v) is 5.48. The van der Waals surface area contributed by atoms with Crippen LogP contribution in [0.25, 0.3) is 0 Å². The van der Waals surface area contributed by atoms with Crippen LogP contribution >= 0.6 is 11.8 Å². The van der Waals surface area contributed by atoms with E-state index in [4.69, 9.17) is 14.2 Å². The van der Waals surface area contributed by atoms with Crippen LogP contribution in [0.15, 0.2) is 18.2 Å². The Labute approximate surface area is 123 Å². The van der Waals surface area contributed by atoms with Crippen LogP contribution in [0.4, 0.5) is 0 Å². The third-order valence-corrected chi connectivity index (χ3v) is 3.93. The van der Waals surface area contributed by atoms with Crippen LogP contribution in [-0.4, -0.2) is 43.2 Å². The minimum atomic E-state index is -0.346. The number of hydrogen-bond acceptors (Lipinski definition) is 5. The molecule has 1 aliphatic heterocycles. The molecule has 0 aromatic heterocycles. The maximum Gasteiger partial charge on any atom is 0.192 e. The van der Waals surface area contributed by atoms with Gasteiger partial charge in [0.1, 0.15) is 6.10 Å². The lowest BCUT2D eigenvalue weighted by atomic mass is 10.1. The molecule has 1 aliphatic rings. The number of rotatable bonds is 6. The van der Waals surface area contributed by atoms with E-state index < -0.39 is 0 Å². The monoisotopic (exact) mass is 296 g/mol. The van der Waals surface area contributed by atoms with Gasteiger partial charge in [0.05, 0.1) is 19.8 Å². The van der Waals surface area contributed by atoms with Gasteiger partial charge in [-0.1, -0.05) is 0 Å². The summed E-state index contributed by atoms with van der Waals surface area (Å²) in [5, 5.41) is 0. The van der Waals surface area contributed by atoms with Crippen LogP contribution in [0, 0.1) is 0 Å². The van der Waals surface area contributed by atoms with Crippen molar-refractivity contribution in [1.82, 2.24) is 0 Å². The van der Waals surface area contributed by atoms with Crippen LogP contribution in [0.3, 0.4) is 0 Å². The third kappa shape index (κ3) is 3.67. The van der Waals surface area contributed by atoms with Crippen molar-refractivity contribution in [2.75, 3.05) is 31.3 Å². The molecule has 20 heavy (non-hydrogen) atoms. The molecule has 0 bridgehead atoms. The van der Waals surface area contributed by atoms with Crippen molar-refractivity contribution in [2.45, 2.75) is 20.0 Å². The number of benzene rings is 1. The van der Waals surface area contributed by atoms with Gasteiger partial charge in [0.15, 0.2) is 17.3 Å². The van der Waals surface area contributed by atoms with Gasteiger partial charge in [-0.3, -0.25) is 4.79 Å². The molecule has 0 amide bonds. The van der Waals surface area contributed by atoms with E-state index in [9.17, 15) is 4.79 Å². The molecule has 1 aromatic rings. The molecule has 2 rings (SSSR count). The zero-order chi connectivity index (χ0) is 14.4. The fourth-order valence-corrected chi connectivity index (χ4v) is 2.87. The second-order valence-electron chi connectivity index (χ2n) is 4.33. The van der Waals surface area contributed by atoms with E-state index in [0.29, 0.717) is 36.9 Å². The van der Waals surface area contributed by atoms with Crippen LogP contribution in [-0.2, 0) is 4.74 Å². The van der Waals surface area contributed by atoms with Crippen molar-refractivity contribution in [1.29, 1.82) is 0 Å². The maximum atomic E-state index is 12.4. The molecule has 110 valence electrons. The average molecular weight is 296 g/mol. The highest BCUT2D eigenvalue weighted by molar-refractivity contribution is 7.99. The number of carbonyl (C=O) groups excluding carboxylic acids is 1. The lowest BCUT2D eigenvalue weighted by Crippen LogP contribution is -2.31. The Balaban J connectivity index is 2.18. The predicted molar refractivity (Wildman–Crippen MR) is 80.2 cm³/mol. The summed E-state index contributed by atoms with van der Waals surface area (Å²) < 4.78 is 16.6. The van der Waals surface area contributed by atoms with Gasteiger partial charge in [-0.15, -0.1) is 0 Å². The summed E-state index contributed by atoms with van der Waals surface area (Å²) >= 11 is 1.75. The maximum absolute atomic E-state index is 12.4. The number of ether oxygens (including phenoxy) is 3. The van der Waals surface area contributed by atoms with Gasteiger partial charge in [0.2, 0.25) is 0 Å². The Morgan fingerprint density at radius 2 is 2.05 bits per heavy atom. The molecule has 1 aromatic carbocycles.